The van der Waals surface area contributed by atoms with Crippen LogP contribution in [-0.4, -0.2) is 87.2 Å². The summed E-state index contributed by atoms with van der Waals surface area (Å²) in [7, 11) is 1.39. The molecule has 0 atom stereocenters. The lowest BCUT2D eigenvalue weighted by Crippen LogP contribution is -2.46. The second-order valence-electron chi connectivity index (χ2n) is 9.86. The van der Waals surface area contributed by atoms with Crippen molar-refractivity contribution < 1.29 is 19.1 Å². The molecule has 2 fully saturated rings. The van der Waals surface area contributed by atoms with Crippen molar-refractivity contribution in [3.63, 3.8) is 0 Å². The van der Waals surface area contributed by atoms with Gasteiger partial charge in [-0.1, -0.05) is 20.8 Å². The van der Waals surface area contributed by atoms with E-state index in [2.05, 4.69) is 15.5 Å². The number of carbonyl (C=O) groups excluding carboxylic acids is 3. The fourth-order valence-electron chi connectivity index (χ4n) is 4.24. The summed E-state index contributed by atoms with van der Waals surface area (Å²) < 4.78 is 4.87. The maximum atomic E-state index is 13.1. The molecule has 0 unspecified atom stereocenters. The lowest BCUT2D eigenvalue weighted by atomic mass is 9.92. The lowest BCUT2D eigenvalue weighted by Gasteiger charge is -2.29. The summed E-state index contributed by atoms with van der Waals surface area (Å²) in [6.45, 7) is 11.5. The van der Waals surface area contributed by atoms with E-state index in [4.69, 9.17) is 4.74 Å². The number of piperazine rings is 1. The molecule has 3 rings (SSSR count). The Kier molecular flexibility index (Phi) is 8.18. The molecule has 1 aromatic rings. The molecule has 2 saturated heterocycles. The Hall–Kier alpha value is -2.81. The van der Waals surface area contributed by atoms with Crippen molar-refractivity contribution in [2.24, 2.45) is 5.41 Å². The predicted octanol–water partition coefficient (Wildman–Crippen LogP) is 2.39. The Balaban J connectivity index is 1.85. The number of nitrogens with one attached hydrogen (secondary N) is 2. The van der Waals surface area contributed by atoms with Crippen molar-refractivity contribution in [3.05, 3.63) is 23.8 Å². The first-order chi connectivity index (χ1) is 15.7. The molecule has 2 aliphatic rings. The van der Waals surface area contributed by atoms with Crippen molar-refractivity contribution in [2.45, 2.75) is 33.6 Å². The molecule has 0 saturated carbocycles. The maximum absolute atomic E-state index is 13.1. The minimum absolute atomic E-state index is 0.0258. The van der Waals surface area contributed by atoms with Crippen LogP contribution in [-0.2, 0) is 9.53 Å². The highest BCUT2D eigenvalue weighted by Gasteiger charge is 2.25. The number of anilines is 2. The zero-order valence-corrected chi connectivity index (χ0v) is 20.3. The summed E-state index contributed by atoms with van der Waals surface area (Å²) in [6, 6.07) is 5.54. The summed E-state index contributed by atoms with van der Waals surface area (Å²) in [5, 5.41) is 6.32. The number of carbonyl (C=O) groups is 3. The SMILES string of the molecule is COC(=O)N1CCCN(c2ccc(C(=O)N3CCNCC3)cc2NC(=O)CC(C)(C)C)CC1. The van der Waals surface area contributed by atoms with Gasteiger partial charge in [0.1, 0.15) is 0 Å². The molecule has 2 N–H and O–H groups in total. The first-order valence-electron chi connectivity index (χ1n) is 11.7. The van der Waals surface area contributed by atoms with Crippen LogP contribution in [0.4, 0.5) is 16.2 Å². The summed E-state index contributed by atoms with van der Waals surface area (Å²) in [4.78, 5) is 43.5. The number of nitrogens with zero attached hydrogens (tertiary/aromatic N) is 3. The van der Waals surface area contributed by atoms with Crippen LogP contribution in [0.1, 0.15) is 44.0 Å². The summed E-state index contributed by atoms with van der Waals surface area (Å²) in [5.74, 6) is -0.108. The molecule has 0 spiro atoms. The standard InChI is InChI=1S/C24H37N5O4/c1-24(2,3)17-21(30)26-19-16-18(22(31)28-12-8-25-9-13-28)6-7-20(19)27-10-5-11-29(15-14-27)23(32)33-4/h6-7,16,25H,5,8-15,17H2,1-4H3,(H,26,30). The number of amides is 3. The van der Waals surface area contributed by atoms with Gasteiger partial charge in [-0.3, -0.25) is 9.59 Å². The molecule has 2 heterocycles. The van der Waals surface area contributed by atoms with E-state index >= 15 is 0 Å². The van der Waals surface area contributed by atoms with E-state index in [1.54, 1.807) is 11.0 Å². The largest absolute Gasteiger partial charge is 0.453 e. The van der Waals surface area contributed by atoms with Gasteiger partial charge < -0.3 is 30.1 Å². The highest BCUT2D eigenvalue weighted by atomic mass is 16.5. The molecule has 0 aromatic heterocycles. The van der Waals surface area contributed by atoms with Crippen LogP contribution in [0.2, 0.25) is 0 Å². The topological polar surface area (TPSA) is 94.2 Å². The first-order valence-corrected chi connectivity index (χ1v) is 11.7. The van der Waals surface area contributed by atoms with Gasteiger partial charge >= 0.3 is 6.09 Å². The molecule has 0 bridgehead atoms. The third kappa shape index (κ3) is 6.83. The molecule has 9 nitrogen and oxygen atoms in total. The molecule has 182 valence electrons. The number of methoxy groups -OCH3 is 1. The van der Waals surface area contributed by atoms with Gasteiger partial charge in [0.05, 0.1) is 18.5 Å². The molecule has 1 aromatic carbocycles. The molecule has 3 amide bonds. The summed E-state index contributed by atoms with van der Waals surface area (Å²) in [5.41, 5.74) is 1.91. The van der Waals surface area contributed by atoms with E-state index in [0.717, 1.165) is 31.7 Å². The van der Waals surface area contributed by atoms with Gasteiger partial charge in [-0.2, -0.15) is 0 Å². The first kappa shape index (κ1) is 24.8. The van der Waals surface area contributed by atoms with Gasteiger partial charge in [0.2, 0.25) is 5.91 Å². The molecule has 0 aliphatic carbocycles. The molecule has 33 heavy (non-hydrogen) atoms. The van der Waals surface area contributed by atoms with E-state index in [-0.39, 0.29) is 23.3 Å². The van der Waals surface area contributed by atoms with Gasteiger partial charge in [-0.15, -0.1) is 0 Å². The lowest BCUT2D eigenvalue weighted by molar-refractivity contribution is -0.117. The second kappa shape index (κ2) is 10.9. The van der Waals surface area contributed by atoms with Crippen molar-refractivity contribution in [1.29, 1.82) is 0 Å². The van der Waals surface area contributed by atoms with Gasteiger partial charge in [-0.05, 0) is 30.0 Å². The fourth-order valence-corrected chi connectivity index (χ4v) is 4.24. The van der Waals surface area contributed by atoms with Crippen molar-refractivity contribution in [2.75, 3.05) is 69.7 Å². The Bertz CT molecular complexity index is 861. The van der Waals surface area contributed by atoms with Crippen molar-refractivity contribution in [1.82, 2.24) is 15.1 Å². The highest BCUT2D eigenvalue weighted by molar-refractivity contribution is 6.00. The quantitative estimate of drug-likeness (QED) is 0.718. The monoisotopic (exact) mass is 459 g/mol. The van der Waals surface area contributed by atoms with Gasteiger partial charge in [-0.25, -0.2) is 4.79 Å². The number of hydrogen-bond donors (Lipinski definition) is 2. The second-order valence-corrected chi connectivity index (χ2v) is 9.86. The molecular weight excluding hydrogens is 422 g/mol. The van der Waals surface area contributed by atoms with Gasteiger partial charge in [0.15, 0.2) is 0 Å². The average Bonchev–Trinajstić information content (AvgIpc) is 3.03. The minimum atomic E-state index is -0.326. The maximum Gasteiger partial charge on any atom is 0.409 e. The van der Waals surface area contributed by atoms with E-state index in [0.29, 0.717) is 50.4 Å². The van der Waals surface area contributed by atoms with Crippen LogP contribution >= 0.6 is 0 Å². The van der Waals surface area contributed by atoms with Crippen molar-refractivity contribution >= 4 is 29.3 Å². The number of ether oxygens (including phenoxy) is 1. The Labute approximate surface area is 196 Å². The number of benzene rings is 1. The summed E-state index contributed by atoms with van der Waals surface area (Å²) in [6.07, 6.45) is 0.831. The molecule has 0 radical (unpaired) electrons. The highest BCUT2D eigenvalue weighted by Crippen LogP contribution is 2.30. The minimum Gasteiger partial charge on any atom is -0.453 e. The normalized spacial score (nSPS) is 17.4. The molecular formula is C24H37N5O4. The number of rotatable bonds is 4. The van der Waals surface area contributed by atoms with Crippen LogP contribution in [0.5, 0.6) is 0 Å². The molecule has 9 heteroatoms. The fraction of sp³-hybridized carbons (Fsp3) is 0.625. The smallest absolute Gasteiger partial charge is 0.409 e. The Morgan fingerprint density at radius 2 is 1.73 bits per heavy atom. The van der Waals surface area contributed by atoms with Crippen LogP contribution in [0, 0.1) is 5.41 Å². The van der Waals surface area contributed by atoms with E-state index in [1.807, 2.05) is 37.8 Å². The van der Waals surface area contributed by atoms with Crippen LogP contribution < -0.4 is 15.5 Å². The zero-order valence-electron chi connectivity index (χ0n) is 20.3. The summed E-state index contributed by atoms with van der Waals surface area (Å²) >= 11 is 0. The molecule has 2 aliphatic heterocycles. The van der Waals surface area contributed by atoms with Gasteiger partial charge in [0.25, 0.3) is 5.91 Å². The van der Waals surface area contributed by atoms with Crippen LogP contribution in [0.25, 0.3) is 0 Å². The average molecular weight is 460 g/mol. The third-order valence-corrected chi connectivity index (χ3v) is 5.88. The van der Waals surface area contributed by atoms with Gasteiger partial charge in [0, 0.05) is 64.3 Å². The van der Waals surface area contributed by atoms with Crippen molar-refractivity contribution in [3.8, 4) is 0 Å². The van der Waals surface area contributed by atoms with Crippen LogP contribution in [0.15, 0.2) is 18.2 Å². The van der Waals surface area contributed by atoms with E-state index in [1.165, 1.54) is 7.11 Å². The van der Waals surface area contributed by atoms with Crippen LogP contribution in [0.3, 0.4) is 0 Å². The Morgan fingerprint density at radius 3 is 2.39 bits per heavy atom. The van der Waals surface area contributed by atoms with E-state index in [9.17, 15) is 14.4 Å². The van der Waals surface area contributed by atoms with E-state index < -0.39 is 0 Å². The number of hydrogen-bond acceptors (Lipinski definition) is 6. The zero-order chi connectivity index (χ0) is 24.0. The third-order valence-electron chi connectivity index (χ3n) is 5.88. The predicted molar refractivity (Wildman–Crippen MR) is 129 cm³/mol. The Morgan fingerprint density at radius 1 is 1.00 bits per heavy atom.